The van der Waals surface area contributed by atoms with Crippen LogP contribution in [0.2, 0.25) is 0 Å². The third-order valence-corrected chi connectivity index (χ3v) is 4.72. The third-order valence-electron chi connectivity index (χ3n) is 4.72. The molecule has 140 valence electrons. The van der Waals surface area contributed by atoms with Gasteiger partial charge in [0.2, 0.25) is 0 Å². The summed E-state index contributed by atoms with van der Waals surface area (Å²) >= 11 is 0. The number of nitrogens with zero attached hydrogens (tertiary/aromatic N) is 2. The molecular weight excluding hydrogens is 338 g/mol. The second-order valence-corrected chi connectivity index (χ2v) is 6.98. The van der Waals surface area contributed by atoms with Crippen LogP contribution < -0.4 is 5.43 Å². The van der Waals surface area contributed by atoms with E-state index in [4.69, 9.17) is 4.42 Å². The topological polar surface area (TPSA) is 59.5 Å². The van der Waals surface area contributed by atoms with Gasteiger partial charge in [0.1, 0.15) is 11.5 Å². The first-order chi connectivity index (χ1) is 12.8. The van der Waals surface area contributed by atoms with Crippen LogP contribution in [0.3, 0.4) is 0 Å². The molecule has 0 radical (unpaired) electrons. The molecule has 0 atom stereocenters. The number of carbonyl (C=O) groups excluding carboxylic acids is 1. The van der Waals surface area contributed by atoms with E-state index < -0.39 is 0 Å². The summed E-state index contributed by atoms with van der Waals surface area (Å²) < 4.78 is 7.60. The van der Waals surface area contributed by atoms with Crippen LogP contribution in [0.25, 0.3) is 5.69 Å². The lowest BCUT2D eigenvalue weighted by Crippen LogP contribution is -2.17. The van der Waals surface area contributed by atoms with E-state index in [0.717, 1.165) is 22.6 Å². The quantitative estimate of drug-likeness (QED) is 0.540. The molecule has 5 heteroatoms. The highest BCUT2D eigenvalue weighted by atomic mass is 16.3. The van der Waals surface area contributed by atoms with E-state index in [1.807, 2.05) is 6.92 Å². The molecule has 2 aromatic heterocycles. The van der Waals surface area contributed by atoms with Crippen molar-refractivity contribution >= 4 is 12.1 Å². The summed E-state index contributed by atoms with van der Waals surface area (Å²) in [6.07, 6.45) is 1.68. The molecule has 27 heavy (non-hydrogen) atoms. The molecule has 1 amide bonds. The fourth-order valence-electron chi connectivity index (χ4n) is 3.42. The number of furan rings is 1. The Morgan fingerprint density at radius 2 is 1.81 bits per heavy atom. The second-order valence-electron chi connectivity index (χ2n) is 6.98. The fraction of sp³-hybridized carbons (Fsp3) is 0.273. The van der Waals surface area contributed by atoms with E-state index in [2.05, 4.69) is 67.1 Å². The third kappa shape index (κ3) is 3.72. The van der Waals surface area contributed by atoms with Gasteiger partial charge in [-0.05, 0) is 65.3 Å². The van der Waals surface area contributed by atoms with Gasteiger partial charge >= 0.3 is 0 Å². The largest absolute Gasteiger partial charge is 0.466 e. The first kappa shape index (κ1) is 18.7. The molecule has 3 aromatic rings. The summed E-state index contributed by atoms with van der Waals surface area (Å²) in [4.78, 5) is 12.2. The van der Waals surface area contributed by atoms with Gasteiger partial charge in [-0.3, -0.25) is 4.79 Å². The summed E-state index contributed by atoms with van der Waals surface area (Å²) in [5.74, 6) is 1.02. The van der Waals surface area contributed by atoms with Crippen LogP contribution in [-0.4, -0.2) is 16.7 Å². The molecule has 0 aliphatic heterocycles. The molecule has 0 unspecified atom stereocenters. The first-order valence-corrected chi connectivity index (χ1v) is 8.95. The van der Waals surface area contributed by atoms with Crippen molar-refractivity contribution in [3.8, 4) is 5.69 Å². The Bertz CT molecular complexity index is 1040. The smallest absolute Gasteiger partial charge is 0.274 e. The summed E-state index contributed by atoms with van der Waals surface area (Å²) in [5, 5.41) is 4.13. The average Bonchev–Trinajstić information content (AvgIpc) is 3.07. The zero-order valence-corrected chi connectivity index (χ0v) is 16.7. The predicted molar refractivity (Wildman–Crippen MR) is 108 cm³/mol. The maximum absolute atomic E-state index is 12.2. The number of aryl methyl sites for hydroxylation is 5. The highest BCUT2D eigenvalue weighted by molar-refractivity contribution is 5.96. The van der Waals surface area contributed by atoms with Crippen LogP contribution in [0.4, 0.5) is 0 Å². The number of aromatic nitrogens is 1. The van der Waals surface area contributed by atoms with Gasteiger partial charge in [0.25, 0.3) is 5.91 Å². The first-order valence-electron chi connectivity index (χ1n) is 8.95. The monoisotopic (exact) mass is 363 g/mol. The highest BCUT2D eigenvalue weighted by Gasteiger charge is 2.14. The van der Waals surface area contributed by atoms with Crippen molar-refractivity contribution in [3.63, 3.8) is 0 Å². The fourth-order valence-corrected chi connectivity index (χ4v) is 3.42. The van der Waals surface area contributed by atoms with Crippen molar-refractivity contribution in [1.29, 1.82) is 0 Å². The molecule has 0 aliphatic rings. The minimum Gasteiger partial charge on any atom is -0.466 e. The minimum atomic E-state index is -0.274. The van der Waals surface area contributed by atoms with Gasteiger partial charge < -0.3 is 8.98 Å². The molecule has 5 nitrogen and oxygen atoms in total. The number of rotatable bonds is 4. The van der Waals surface area contributed by atoms with Gasteiger partial charge in [-0.2, -0.15) is 5.10 Å². The zero-order valence-electron chi connectivity index (χ0n) is 16.7. The van der Waals surface area contributed by atoms with E-state index in [-0.39, 0.29) is 5.91 Å². The van der Waals surface area contributed by atoms with Crippen LogP contribution >= 0.6 is 0 Å². The summed E-state index contributed by atoms with van der Waals surface area (Å²) in [7, 11) is 0. The second kappa shape index (κ2) is 7.27. The predicted octanol–water partition coefficient (Wildman–Crippen LogP) is 4.68. The molecule has 0 aliphatic carbocycles. The minimum absolute atomic E-state index is 0.274. The molecule has 1 aromatic carbocycles. The van der Waals surface area contributed by atoms with Crippen LogP contribution in [0, 0.1) is 41.5 Å². The summed E-state index contributed by atoms with van der Waals surface area (Å²) in [6, 6.07) is 10.2. The number of hydrogen-bond acceptors (Lipinski definition) is 3. The van der Waals surface area contributed by atoms with E-state index in [1.54, 1.807) is 19.2 Å². The van der Waals surface area contributed by atoms with Crippen LogP contribution in [0.15, 0.2) is 39.9 Å². The number of hydrogen-bond donors (Lipinski definition) is 1. The Morgan fingerprint density at radius 1 is 1.07 bits per heavy atom. The van der Waals surface area contributed by atoms with Crippen molar-refractivity contribution in [1.82, 2.24) is 9.99 Å². The van der Waals surface area contributed by atoms with Crippen molar-refractivity contribution in [2.24, 2.45) is 5.10 Å². The lowest BCUT2D eigenvalue weighted by atomic mass is 10.1. The standard InChI is InChI=1S/C22H25N3O2/c1-13-7-8-21(14(2)9-13)25-15(3)10-19(17(25)5)12-23-24-22(26)20-11-16(4)27-18(20)6/h7-12H,1-6H3,(H,24,26)/b23-12+. The Balaban J connectivity index is 1.83. The normalized spacial score (nSPS) is 11.3. The van der Waals surface area contributed by atoms with E-state index in [1.165, 1.54) is 11.1 Å². The van der Waals surface area contributed by atoms with Crippen molar-refractivity contribution < 1.29 is 9.21 Å². The van der Waals surface area contributed by atoms with Gasteiger partial charge in [-0.15, -0.1) is 0 Å². The van der Waals surface area contributed by atoms with Crippen molar-refractivity contribution in [2.45, 2.75) is 41.5 Å². The molecular formula is C22H25N3O2. The van der Waals surface area contributed by atoms with E-state index in [9.17, 15) is 4.79 Å². The van der Waals surface area contributed by atoms with Gasteiger partial charge in [0.15, 0.2) is 0 Å². The molecule has 0 bridgehead atoms. The number of amides is 1. The maximum Gasteiger partial charge on any atom is 0.274 e. The molecule has 2 heterocycles. The Morgan fingerprint density at radius 3 is 2.44 bits per heavy atom. The Hall–Kier alpha value is -3.08. The SMILES string of the molecule is Cc1ccc(-n2c(C)cc(/C=N/NC(=O)c3cc(C)oc3C)c2C)c(C)c1. The number of hydrazone groups is 1. The number of benzene rings is 1. The van der Waals surface area contributed by atoms with Gasteiger partial charge in [-0.1, -0.05) is 17.7 Å². The van der Waals surface area contributed by atoms with Crippen LogP contribution in [-0.2, 0) is 0 Å². The van der Waals surface area contributed by atoms with Gasteiger partial charge in [0, 0.05) is 22.6 Å². The average molecular weight is 363 g/mol. The Labute approximate surface area is 159 Å². The van der Waals surface area contributed by atoms with Gasteiger partial charge in [0.05, 0.1) is 11.8 Å². The molecule has 0 spiro atoms. The Kier molecular flexibility index (Phi) is 5.04. The lowest BCUT2D eigenvalue weighted by Gasteiger charge is -2.13. The summed E-state index contributed by atoms with van der Waals surface area (Å²) in [6.45, 7) is 11.9. The number of nitrogens with one attached hydrogen (secondary N) is 1. The highest BCUT2D eigenvalue weighted by Crippen LogP contribution is 2.23. The molecule has 3 rings (SSSR count). The summed E-state index contributed by atoms with van der Waals surface area (Å²) in [5.41, 5.74) is 9.87. The van der Waals surface area contributed by atoms with E-state index in [0.29, 0.717) is 17.1 Å². The maximum atomic E-state index is 12.2. The molecule has 1 N–H and O–H groups in total. The lowest BCUT2D eigenvalue weighted by molar-refractivity contribution is 0.0953. The van der Waals surface area contributed by atoms with Crippen molar-refractivity contribution in [3.05, 3.63) is 75.5 Å². The van der Waals surface area contributed by atoms with E-state index >= 15 is 0 Å². The zero-order chi connectivity index (χ0) is 19.7. The van der Waals surface area contributed by atoms with Crippen LogP contribution in [0.5, 0.6) is 0 Å². The molecule has 0 saturated heterocycles. The van der Waals surface area contributed by atoms with Crippen molar-refractivity contribution in [2.75, 3.05) is 0 Å². The molecule has 0 saturated carbocycles. The van der Waals surface area contributed by atoms with Gasteiger partial charge in [-0.25, -0.2) is 5.43 Å². The molecule has 0 fully saturated rings. The van der Waals surface area contributed by atoms with Crippen LogP contribution in [0.1, 0.15) is 50.0 Å². The number of carbonyl (C=O) groups is 1.